The molecule has 0 fully saturated rings. The summed E-state index contributed by atoms with van der Waals surface area (Å²) in [6, 6.07) is 5.83. The lowest BCUT2D eigenvalue weighted by atomic mass is 10.2. The van der Waals surface area contributed by atoms with E-state index in [-0.39, 0.29) is 6.61 Å². The molecule has 0 aliphatic heterocycles. The summed E-state index contributed by atoms with van der Waals surface area (Å²) in [7, 11) is 1.64. The molecule has 100 valence electrons. The first-order valence-corrected chi connectivity index (χ1v) is 6.32. The van der Waals surface area contributed by atoms with Gasteiger partial charge >= 0.3 is 0 Å². The quantitative estimate of drug-likeness (QED) is 0.703. The Morgan fingerprint density at radius 1 is 1.50 bits per heavy atom. The molecule has 0 radical (unpaired) electrons. The van der Waals surface area contributed by atoms with E-state index in [1.54, 1.807) is 7.11 Å². The minimum atomic E-state index is -0.455. The molecule has 0 aliphatic rings. The first kappa shape index (κ1) is 14.9. The fourth-order valence-electron chi connectivity index (χ4n) is 1.43. The molecule has 1 amide bonds. The van der Waals surface area contributed by atoms with Crippen molar-refractivity contribution >= 4 is 21.8 Å². The number of methoxy groups -OCH3 is 1. The SMILES string of the molecule is COc1ccc(Br)cc1CNCCOCC(N)=O. The van der Waals surface area contributed by atoms with Gasteiger partial charge in [0.25, 0.3) is 0 Å². The van der Waals surface area contributed by atoms with Gasteiger partial charge in [-0.3, -0.25) is 4.79 Å². The van der Waals surface area contributed by atoms with Gasteiger partial charge in [0.15, 0.2) is 0 Å². The van der Waals surface area contributed by atoms with Crippen molar-refractivity contribution in [2.45, 2.75) is 6.54 Å². The molecule has 3 N–H and O–H groups in total. The van der Waals surface area contributed by atoms with Gasteiger partial charge in [0.1, 0.15) is 12.4 Å². The number of nitrogens with two attached hydrogens (primary N) is 1. The van der Waals surface area contributed by atoms with Crippen LogP contribution in [0.15, 0.2) is 22.7 Å². The lowest BCUT2D eigenvalue weighted by Crippen LogP contribution is -2.23. The molecule has 1 rings (SSSR count). The molecule has 0 saturated carbocycles. The summed E-state index contributed by atoms with van der Waals surface area (Å²) in [5, 5.41) is 3.20. The molecule has 0 spiro atoms. The molecule has 1 aromatic rings. The molecular formula is C12H17BrN2O3. The zero-order valence-electron chi connectivity index (χ0n) is 10.2. The topological polar surface area (TPSA) is 73.6 Å². The van der Waals surface area contributed by atoms with E-state index in [1.807, 2.05) is 18.2 Å². The molecular weight excluding hydrogens is 300 g/mol. The molecule has 0 heterocycles. The van der Waals surface area contributed by atoms with Crippen molar-refractivity contribution in [3.8, 4) is 5.75 Å². The van der Waals surface area contributed by atoms with Gasteiger partial charge in [-0.1, -0.05) is 15.9 Å². The molecule has 0 aromatic heterocycles. The Morgan fingerprint density at radius 2 is 2.28 bits per heavy atom. The smallest absolute Gasteiger partial charge is 0.243 e. The van der Waals surface area contributed by atoms with Crippen LogP contribution in [0, 0.1) is 0 Å². The van der Waals surface area contributed by atoms with Gasteiger partial charge < -0.3 is 20.5 Å². The van der Waals surface area contributed by atoms with E-state index >= 15 is 0 Å². The van der Waals surface area contributed by atoms with Gasteiger partial charge in [-0.2, -0.15) is 0 Å². The van der Waals surface area contributed by atoms with Crippen molar-refractivity contribution in [1.29, 1.82) is 0 Å². The van der Waals surface area contributed by atoms with Crippen LogP contribution in [0.4, 0.5) is 0 Å². The monoisotopic (exact) mass is 316 g/mol. The number of primary amides is 1. The Morgan fingerprint density at radius 3 is 2.94 bits per heavy atom. The second-order valence-corrected chi connectivity index (χ2v) is 4.57. The number of hydrogen-bond acceptors (Lipinski definition) is 4. The maximum absolute atomic E-state index is 10.4. The number of ether oxygens (including phenoxy) is 2. The first-order chi connectivity index (χ1) is 8.63. The second kappa shape index (κ2) is 8.07. The number of nitrogens with one attached hydrogen (secondary N) is 1. The summed E-state index contributed by atoms with van der Waals surface area (Å²) in [5.41, 5.74) is 6.00. The lowest BCUT2D eigenvalue weighted by molar-refractivity contribution is -0.122. The highest BCUT2D eigenvalue weighted by Gasteiger charge is 2.03. The van der Waals surface area contributed by atoms with Crippen molar-refractivity contribution in [2.24, 2.45) is 5.73 Å². The third kappa shape index (κ3) is 5.48. The van der Waals surface area contributed by atoms with E-state index in [0.29, 0.717) is 19.7 Å². The minimum absolute atomic E-state index is 0.0398. The van der Waals surface area contributed by atoms with Crippen molar-refractivity contribution in [2.75, 3.05) is 26.9 Å². The number of amides is 1. The molecule has 0 unspecified atom stereocenters. The van der Waals surface area contributed by atoms with Gasteiger partial charge in [0, 0.05) is 23.1 Å². The molecule has 0 bridgehead atoms. The summed E-state index contributed by atoms with van der Waals surface area (Å²) >= 11 is 3.42. The number of benzene rings is 1. The fraction of sp³-hybridized carbons (Fsp3) is 0.417. The number of carbonyl (C=O) groups excluding carboxylic acids is 1. The summed E-state index contributed by atoms with van der Waals surface area (Å²) in [6.45, 7) is 1.71. The first-order valence-electron chi connectivity index (χ1n) is 5.52. The molecule has 1 aromatic carbocycles. The van der Waals surface area contributed by atoms with Gasteiger partial charge in [-0.25, -0.2) is 0 Å². The average molecular weight is 317 g/mol. The number of rotatable bonds is 8. The van der Waals surface area contributed by atoms with Crippen LogP contribution >= 0.6 is 15.9 Å². The Balaban J connectivity index is 2.30. The molecule has 18 heavy (non-hydrogen) atoms. The van der Waals surface area contributed by atoms with E-state index in [1.165, 1.54) is 0 Å². The largest absolute Gasteiger partial charge is 0.496 e. The Bertz CT molecular complexity index is 399. The summed E-state index contributed by atoms with van der Waals surface area (Å²) in [6.07, 6.45) is 0. The molecule has 6 heteroatoms. The van der Waals surface area contributed by atoms with Crippen molar-refractivity contribution in [1.82, 2.24) is 5.32 Å². The van der Waals surface area contributed by atoms with Gasteiger partial charge in [0.05, 0.1) is 13.7 Å². The van der Waals surface area contributed by atoms with Crippen LogP contribution in [0.1, 0.15) is 5.56 Å². The van der Waals surface area contributed by atoms with Crippen LogP contribution in [0.3, 0.4) is 0 Å². The number of hydrogen-bond donors (Lipinski definition) is 2. The summed E-state index contributed by atoms with van der Waals surface area (Å²) in [4.78, 5) is 10.4. The van der Waals surface area contributed by atoms with Crippen molar-refractivity contribution < 1.29 is 14.3 Å². The van der Waals surface area contributed by atoms with E-state index < -0.39 is 5.91 Å². The normalized spacial score (nSPS) is 10.3. The molecule has 0 saturated heterocycles. The maximum Gasteiger partial charge on any atom is 0.243 e. The standard InChI is InChI=1S/C12H17BrN2O3/c1-17-11-3-2-10(13)6-9(11)7-15-4-5-18-8-12(14)16/h2-3,6,15H,4-5,7-8H2,1H3,(H2,14,16). The maximum atomic E-state index is 10.4. The predicted molar refractivity (Wildman–Crippen MR) is 72.4 cm³/mol. The van der Waals surface area contributed by atoms with E-state index in [0.717, 1.165) is 15.8 Å². The van der Waals surface area contributed by atoms with E-state index in [4.69, 9.17) is 15.2 Å². The van der Waals surface area contributed by atoms with Crippen molar-refractivity contribution in [3.05, 3.63) is 28.2 Å². The van der Waals surface area contributed by atoms with Gasteiger partial charge in [0.2, 0.25) is 5.91 Å². The van der Waals surface area contributed by atoms with Crippen LogP contribution in [-0.2, 0) is 16.1 Å². The molecule has 0 atom stereocenters. The third-order valence-electron chi connectivity index (χ3n) is 2.23. The molecule has 0 aliphatic carbocycles. The molecule has 5 nitrogen and oxygen atoms in total. The number of halogens is 1. The fourth-order valence-corrected chi connectivity index (χ4v) is 1.83. The minimum Gasteiger partial charge on any atom is -0.496 e. The summed E-state index contributed by atoms with van der Waals surface area (Å²) in [5.74, 6) is 0.382. The van der Waals surface area contributed by atoms with E-state index in [9.17, 15) is 4.79 Å². The Hall–Kier alpha value is -1.11. The predicted octanol–water partition coefficient (Wildman–Crippen LogP) is 1.05. The van der Waals surface area contributed by atoms with Crippen LogP contribution in [0.5, 0.6) is 5.75 Å². The number of carbonyl (C=O) groups is 1. The highest BCUT2D eigenvalue weighted by molar-refractivity contribution is 9.10. The second-order valence-electron chi connectivity index (χ2n) is 3.65. The Kier molecular flexibility index (Phi) is 6.70. The average Bonchev–Trinajstić information content (AvgIpc) is 2.33. The van der Waals surface area contributed by atoms with Gasteiger partial charge in [-0.15, -0.1) is 0 Å². The van der Waals surface area contributed by atoms with Crippen molar-refractivity contribution in [3.63, 3.8) is 0 Å². The van der Waals surface area contributed by atoms with Crippen LogP contribution < -0.4 is 15.8 Å². The van der Waals surface area contributed by atoms with Crippen LogP contribution in [0.2, 0.25) is 0 Å². The summed E-state index contributed by atoms with van der Waals surface area (Å²) < 4.78 is 11.3. The lowest BCUT2D eigenvalue weighted by Gasteiger charge is -2.10. The third-order valence-corrected chi connectivity index (χ3v) is 2.72. The Labute approximate surface area is 115 Å². The van der Waals surface area contributed by atoms with Crippen LogP contribution in [-0.4, -0.2) is 32.8 Å². The zero-order valence-corrected chi connectivity index (χ0v) is 11.8. The van der Waals surface area contributed by atoms with Gasteiger partial charge in [-0.05, 0) is 18.2 Å². The van der Waals surface area contributed by atoms with Crippen LogP contribution in [0.25, 0.3) is 0 Å². The zero-order chi connectivity index (χ0) is 13.4. The highest BCUT2D eigenvalue weighted by atomic mass is 79.9. The highest BCUT2D eigenvalue weighted by Crippen LogP contribution is 2.22. The van der Waals surface area contributed by atoms with E-state index in [2.05, 4.69) is 21.2 Å².